The molecule has 0 bridgehead atoms. The SMILES string of the molecule is O=C1NCN(c2ccccc2)C12CCN(CCCc1ccc(Oc3nc4ccccc4s3)cc1)CC2.[HH]. The van der Waals surface area contributed by atoms with E-state index in [1.54, 1.807) is 11.3 Å². The minimum Gasteiger partial charge on any atom is -0.431 e. The highest BCUT2D eigenvalue weighted by molar-refractivity contribution is 7.20. The summed E-state index contributed by atoms with van der Waals surface area (Å²) in [6, 6.07) is 26.7. The molecule has 6 rings (SSSR count). The molecular formula is C29H32N4O2S. The average molecular weight is 501 g/mol. The van der Waals surface area contributed by atoms with E-state index in [-0.39, 0.29) is 7.33 Å². The lowest BCUT2D eigenvalue weighted by Crippen LogP contribution is -2.56. The standard InChI is InChI=1S/C29H30N4O2S.H2/c34-27-29(33(21-30-27)23-8-2-1-3-9-23)16-19-32(20-17-29)18-6-7-22-12-14-24(15-13-22)35-28-31-25-10-4-5-11-26(25)36-28;/h1-5,8-15H,6-7,16-21H2,(H,30,34);1H. The summed E-state index contributed by atoms with van der Waals surface area (Å²) in [6.45, 7) is 3.55. The number of ether oxygens (including phenoxy) is 1. The molecule has 2 saturated heterocycles. The molecule has 0 unspecified atom stereocenters. The molecule has 3 aromatic carbocycles. The summed E-state index contributed by atoms with van der Waals surface area (Å²) in [5.41, 5.74) is 3.00. The summed E-state index contributed by atoms with van der Waals surface area (Å²) in [6.07, 6.45) is 3.86. The van der Waals surface area contributed by atoms with Crippen LogP contribution in [0.2, 0.25) is 0 Å². The molecule has 36 heavy (non-hydrogen) atoms. The van der Waals surface area contributed by atoms with Gasteiger partial charge < -0.3 is 19.9 Å². The third-order valence-corrected chi connectivity index (χ3v) is 8.35. The first-order chi connectivity index (χ1) is 17.7. The maximum Gasteiger partial charge on any atom is 0.279 e. The van der Waals surface area contributed by atoms with E-state index in [0.717, 1.165) is 67.0 Å². The lowest BCUT2D eigenvalue weighted by atomic mass is 9.85. The van der Waals surface area contributed by atoms with Gasteiger partial charge in [0, 0.05) is 20.2 Å². The molecule has 3 heterocycles. The highest BCUT2D eigenvalue weighted by Gasteiger charge is 2.50. The van der Waals surface area contributed by atoms with Crippen molar-refractivity contribution in [3.63, 3.8) is 0 Å². The Labute approximate surface area is 217 Å². The number of benzene rings is 3. The van der Waals surface area contributed by atoms with E-state index < -0.39 is 5.54 Å². The quantitative estimate of drug-likeness (QED) is 0.353. The van der Waals surface area contributed by atoms with Gasteiger partial charge in [-0.1, -0.05) is 53.8 Å². The molecule has 0 aliphatic carbocycles. The van der Waals surface area contributed by atoms with Crippen molar-refractivity contribution in [2.75, 3.05) is 31.2 Å². The molecule has 2 aliphatic heterocycles. The molecule has 1 amide bonds. The Hall–Kier alpha value is -3.42. The van der Waals surface area contributed by atoms with Gasteiger partial charge in [-0.15, -0.1) is 0 Å². The highest BCUT2D eigenvalue weighted by Crippen LogP contribution is 2.36. The van der Waals surface area contributed by atoms with Gasteiger partial charge in [0.25, 0.3) is 5.19 Å². The van der Waals surface area contributed by atoms with Gasteiger partial charge in [0.2, 0.25) is 5.91 Å². The average Bonchev–Trinajstić information content (AvgIpc) is 3.47. The number of hydrogen-bond donors (Lipinski definition) is 1. The number of nitrogens with zero attached hydrogens (tertiary/aromatic N) is 3. The molecule has 0 atom stereocenters. The maximum atomic E-state index is 12.8. The van der Waals surface area contributed by atoms with Crippen LogP contribution in [-0.4, -0.2) is 47.6 Å². The molecule has 7 heteroatoms. The van der Waals surface area contributed by atoms with Gasteiger partial charge in [0.05, 0.1) is 16.9 Å². The number of likely N-dealkylation sites (tertiary alicyclic amines) is 1. The number of hydrogen-bond acceptors (Lipinski definition) is 6. The largest absolute Gasteiger partial charge is 0.431 e. The summed E-state index contributed by atoms with van der Waals surface area (Å²) >= 11 is 1.56. The van der Waals surface area contributed by atoms with E-state index >= 15 is 0 Å². The molecule has 2 fully saturated rings. The zero-order valence-corrected chi connectivity index (χ0v) is 21.0. The summed E-state index contributed by atoms with van der Waals surface area (Å²) in [5.74, 6) is 0.996. The molecule has 1 aromatic heterocycles. The topological polar surface area (TPSA) is 57.7 Å². The van der Waals surface area contributed by atoms with Crippen LogP contribution in [0.1, 0.15) is 26.3 Å². The van der Waals surface area contributed by atoms with E-state index in [1.807, 2.05) is 48.5 Å². The third-order valence-electron chi connectivity index (χ3n) is 7.43. The van der Waals surface area contributed by atoms with Crippen LogP contribution in [-0.2, 0) is 11.2 Å². The van der Waals surface area contributed by atoms with Crippen LogP contribution in [0.25, 0.3) is 10.2 Å². The lowest BCUT2D eigenvalue weighted by Gasteiger charge is -2.43. The number of para-hydroxylation sites is 2. The number of rotatable bonds is 7. The monoisotopic (exact) mass is 500 g/mol. The van der Waals surface area contributed by atoms with E-state index in [9.17, 15) is 4.79 Å². The molecule has 6 nitrogen and oxygen atoms in total. The molecule has 2 aliphatic rings. The van der Waals surface area contributed by atoms with Crippen molar-refractivity contribution in [1.29, 1.82) is 0 Å². The zero-order chi connectivity index (χ0) is 24.4. The number of piperidine rings is 1. The highest BCUT2D eigenvalue weighted by atomic mass is 32.1. The van der Waals surface area contributed by atoms with Crippen molar-refractivity contribution < 1.29 is 11.0 Å². The van der Waals surface area contributed by atoms with Crippen molar-refractivity contribution >= 4 is 33.1 Å². The number of carbonyl (C=O) groups excluding carboxylic acids is 1. The molecule has 1 N–H and O–H groups in total. The second-order valence-corrected chi connectivity index (χ2v) is 10.6. The smallest absolute Gasteiger partial charge is 0.279 e. The van der Waals surface area contributed by atoms with Crippen molar-refractivity contribution in [3.8, 4) is 10.9 Å². The van der Waals surface area contributed by atoms with E-state index in [0.29, 0.717) is 11.9 Å². The minimum absolute atomic E-state index is 0. The molecule has 0 saturated carbocycles. The normalized spacial score (nSPS) is 17.6. The van der Waals surface area contributed by atoms with Crippen molar-refractivity contribution in [2.45, 2.75) is 31.2 Å². The van der Waals surface area contributed by atoms with Crippen LogP contribution in [0.3, 0.4) is 0 Å². The number of aromatic nitrogens is 1. The van der Waals surface area contributed by atoms with Crippen LogP contribution < -0.4 is 15.0 Å². The summed E-state index contributed by atoms with van der Waals surface area (Å²) in [7, 11) is 0. The van der Waals surface area contributed by atoms with Gasteiger partial charge in [0.15, 0.2) is 0 Å². The van der Waals surface area contributed by atoms with Gasteiger partial charge in [-0.25, -0.2) is 4.98 Å². The summed E-state index contributed by atoms with van der Waals surface area (Å²) in [4.78, 5) is 22.2. The Morgan fingerprint density at radius 2 is 1.72 bits per heavy atom. The zero-order valence-electron chi connectivity index (χ0n) is 20.2. The first-order valence-electron chi connectivity index (χ1n) is 12.7. The number of anilines is 1. The molecule has 4 aromatic rings. The van der Waals surface area contributed by atoms with E-state index in [2.05, 4.69) is 50.4 Å². The first kappa shape index (κ1) is 23.0. The second-order valence-electron chi connectivity index (χ2n) is 9.60. The van der Waals surface area contributed by atoms with Gasteiger partial charge >= 0.3 is 0 Å². The predicted molar refractivity (Wildman–Crippen MR) is 147 cm³/mol. The lowest BCUT2D eigenvalue weighted by molar-refractivity contribution is -0.125. The Balaban J connectivity index is 0.00000280. The number of nitrogens with one attached hydrogen (secondary N) is 1. The van der Waals surface area contributed by atoms with Crippen LogP contribution >= 0.6 is 11.3 Å². The number of aryl methyl sites for hydroxylation is 1. The number of thiazole rings is 1. The van der Waals surface area contributed by atoms with Gasteiger partial charge in [0.1, 0.15) is 11.3 Å². The molecule has 0 radical (unpaired) electrons. The van der Waals surface area contributed by atoms with E-state index in [1.165, 1.54) is 5.56 Å². The van der Waals surface area contributed by atoms with Crippen LogP contribution in [0, 0.1) is 0 Å². The van der Waals surface area contributed by atoms with Crippen LogP contribution in [0.15, 0.2) is 78.9 Å². The van der Waals surface area contributed by atoms with Gasteiger partial charge in [-0.2, -0.15) is 0 Å². The molecule has 1 spiro atoms. The maximum absolute atomic E-state index is 12.8. The third kappa shape index (κ3) is 4.56. The molecule has 186 valence electrons. The van der Waals surface area contributed by atoms with Crippen LogP contribution in [0.5, 0.6) is 10.9 Å². The fourth-order valence-corrected chi connectivity index (χ4v) is 6.24. The number of fused-ring (bicyclic) bond motifs is 1. The first-order valence-corrected chi connectivity index (χ1v) is 13.5. The predicted octanol–water partition coefficient (Wildman–Crippen LogP) is 5.70. The van der Waals surface area contributed by atoms with Gasteiger partial charge in [-0.3, -0.25) is 4.79 Å². The minimum atomic E-state index is -0.406. The Morgan fingerprint density at radius 3 is 2.50 bits per heavy atom. The second kappa shape index (κ2) is 9.91. The fourth-order valence-electron chi connectivity index (χ4n) is 5.41. The fraction of sp³-hybridized carbons (Fsp3) is 0.310. The molecular weight excluding hydrogens is 468 g/mol. The van der Waals surface area contributed by atoms with Crippen LogP contribution in [0.4, 0.5) is 5.69 Å². The van der Waals surface area contributed by atoms with Gasteiger partial charge in [-0.05, 0) is 74.2 Å². The van der Waals surface area contributed by atoms with Crippen molar-refractivity contribution in [1.82, 2.24) is 15.2 Å². The number of amides is 1. The number of carbonyl (C=O) groups is 1. The van der Waals surface area contributed by atoms with E-state index in [4.69, 9.17) is 4.74 Å². The summed E-state index contributed by atoms with van der Waals surface area (Å²) in [5, 5.41) is 3.76. The Morgan fingerprint density at radius 1 is 0.972 bits per heavy atom. The van der Waals surface area contributed by atoms with Crippen molar-refractivity contribution in [3.05, 3.63) is 84.4 Å². The van der Waals surface area contributed by atoms with Crippen molar-refractivity contribution in [2.24, 2.45) is 0 Å². The summed E-state index contributed by atoms with van der Waals surface area (Å²) < 4.78 is 7.11. The Kier molecular flexibility index (Phi) is 6.34. The Bertz CT molecular complexity index is 1300.